The van der Waals surface area contributed by atoms with E-state index in [9.17, 15) is 13.2 Å². The second-order valence-electron chi connectivity index (χ2n) is 10.3. The molecule has 0 aromatic heterocycles. The van der Waals surface area contributed by atoms with Gasteiger partial charge in [0.1, 0.15) is 0 Å². The van der Waals surface area contributed by atoms with Crippen molar-refractivity contribution in [3.63, 3.8) is 0 Å². The van der Waals surface area contributed by atoms with E-state index in [4.69, 9.17) is 11.6 Å². The molecule has 31 heavy (non-hydrogen) atoms. The summed E-state index contributed by atoms with van der Waals surface area (Å²) in [7, 11) is -3.29. The SMILES string of the molecule is CC(C)CS(=O)(=O)N1CC2(CCN(CC(=O)Nc3ccc(Cl)cc3)CC2)CCC1(C)C. The van der Waals surface area contributed by atoms with Gasteiger partial charge in [-0.15, -0.1) is 0 Å². The number of likely N-dealkylation sites (tertiary alicyclic amines) is 1. The first-order valence-corrected chi connectivity index (χ1v) is 13.2. The van der Waals surface area contributed by atoms with Crippen molar-refractivity contribution in [3.8, 4) is 0 Å². The molecule has 2 heterocycles. The smallest absolute Gasteiger partial charge is 0.238 e. The van der Waals surface area contributed by atoms with Crippen LogP contribution in [0.2, 0.25) is 5.02 Å². The van der Waals surface area contributed by atoms with Gasteiger partial charge in [0.15, 0.2) is 0 Å². The normalized spacial score (nSPS) is 22.0. The van der Waals surface area contributed by atoms with Gasteiger partial charge < -0.3 is 5.32 Å². The molecule has 0 radical (unpaired) electrons. The zero-order valence-electron chi connectivity index (χ0n) is 19.2. The van der Waals surface area contributed by atoms with E-state index in [1.165, 1.54) is 0 Å². The zero-order valence-corrected chi connectivity index (χ0v) is 20.7. The topological polar surface area (TPSA) is 69.7 Å². The van der Waals surface area contributed by atoms with Crippen LogP contribution in [0.15, 0.2) is 24.3 Å². The summed E-state index contributed by atoms with van der Waals surface area (Å²) in [6, 6.07) is 7.10. The molecular weight excluding hydrogens is 434 g/mol. The first-order chi connectivity index (χ1) is 14.4. The Bertz CT molecular complexity index is 876. The molecule has 0 unspecified atom stereocenters. The fraction of sp³-hybridized carbons (Fsp3) is 0.696. The molecule has 1 aromatic carbocycles. The Labute approximate surface area is 192 Å². The van der Waals surface area contributed by atoms with Gasteiger partial charge in [0.25, 0.3) is 0 Å². The Balaban J connectivity index is 1.58. The first kappa shape index (κ1) is 24.5. The fourth-order valence-corrected chi connectivity index (χ4v) is 7.27. The third-order valence-corrected chi connectivity index (χ3v) is 9.35. The molecule has 174 valence electrons. The predicted octanol–water partition coefficient (Wildman–Crippen LogP) is 4.22. The van der Waals surface area contributed by atoms with Crippen molar-refractivity contribution in [2.45, 2.75) is 58.9 Å². The molecule has 1 amide bonds. The van der Waals surface area contributed by atoms with Gasteiger partial charge in [0, 0.05) is 22.8 Å². The van der Waals surface area contributed by atoms with Gasteiger partial charge in [0.2, 0.25) is 15.9 Å². The average Bonchev–Trinajstić information content (AvgIpc) is 2.66. The van der Waals surface area contributed by atoms with E-state index in [-0.39, 0.29) is 28.5 Å². The van der Waals surface area contributed by atoms with Crippen LogP contribution in [-0.4, -0.2) is 61.0 Å². The second-order valence-corrected chi connectivity index (χ2v) is 12.7. The summed E-state index contributed by atoms with van der Waals surface area (Å²) in [5.41, 5.74) is 0.417. The van der Waals surface area contributed by atoms with Crippen LogP contribution in [0.5, 0.6) is 0 Å². The molecule has 3 rings (SSSR count). The lowest BCUT2D eigenvalue weighted by Gasteiger charge is -2.53. The maximum Gasteiger partial charge on any atom is 0.238 e. The standard InChI is InChI=1S/C23H36ClN3O3S/c1-18(2)16-31(29,30)27-17-23(10-9-22(27,3)4)11-13-26(14-12-23)15-21(28)25-20-7-5-19(24)6-8-20/h5-8,18H,9-17H2,1-4H3,(H,25,28). The number of hydrogen-bond acceptors (Lipinski definition) is 4. The Morgan fingerprint density at radius 1 is 1.10 bits per heavy atom. The maximum atomic E-state index is 13.1. The number of amides is 1. The number of nitrogens with one attached hydrogen (secondary N) is 1. The summed E-state index contributed by atoms with van der Waals surface area (Å²) in [5, 5.41) is 3.55. The van der Waals surface area contributed by atoms with E-state index < -0.39 is 10.0 Å². The molecular formula is C23H36ClN3O3S. The number of halogens is 1. The molecule has 0 bridgehead atoms. The minimum absolute atomic E-state index is 0.0166. The number of piperidine rings is 2. The molecule has 1 spiro atoms. The lowest BCUT2D eigenvalue weighted by Crippen LogP contribution is -2.59. The van der Waals surface area contributed by atoms with E-state index in [0.29, 0.717) is 18.1 Å². The van der Waals surface area contributed by atoms with E-state index in [1.807, 2.05) is 27.7 Å². The quantitative estimate of drug-likeness (QED) is 0.677. The van der Waals surface area contributed by atoms with Crippen LogP contribution < -0.4 is 5.32 Å². The highest BCUT2D eigenvalue weighted by molar-refractivity contribution is 7.89. The molecule has 2 aliphatic heterocycles. The third kappa shape index (κ3) is 6.21. The molecule has 2 aliphatic rings. The minimum Gasteiger partial charge on any atom is -0.325 e. The first-order valence-electron chi connectivity index (χ1n) is 11.2. The Morgan fingerprint density at radius 2 is 1.71 bits per heavy atom. The van der Waals surface area contributed by atoms with E-state index in [1.54, 1.807) is 28.6 Å². The van der Waals surface area contributed by atoms with Crippen molar-refractivity contribution in [1.29, 1.82) is 0 Å². The summed E-state index contributed by atoms with van der Waals surface area (Å²) in [5.74, 6) is 0.271. The monoisotopic (exact) mass is 469 g/mol. The zero-order chi connectivity index (χ0) is 22.9. The van der Waals surface area contributed by atoms with Gasteiger partial charge in [0.05, 0.1) is 12.3 Å². The number of rotatable bonds is 6. The van der Waals surface area contributed by atoms with Crippen molar-refractivity contribution in [2.24, 2.45) is 11.3 Å². The van der Waals surface area contributed by atoms with Crippen LogP contribution in [0.25, 0.3) is 0 Å². The number of hydrogen-bond donors (Lipinski definition) is 1. The summed E-state index contributed by atoms with van der Waals surface area (Å²) in [6.07, 6.45) is 3.76. The average molecular weight is 470 g/mol. The van der Waals surface area contributed by atoms with E-state index in [2.05, 4.69) is 10.2 Å². The van der Waals surface area contributed by atoms with Gasteiger partial charge in [-0.25, -0.2) is 8.42 Å². The lowest BCUT2D eigenvalue weighted by atomic mass is 9.69. The number of anilines is 1. The van der Waals surface area contributed by atoms with Crippen molar-refractivity contribution >= 4 is 33.2 Å². The van der Waals surface area contributed by atoms with E-state index >= 15 is 0 Å². The van der Waals surface area contributed by atoms with Gasteiger partial charge >= 0.3 is 0 Å². The summed E-state index contributed by atoms with van der Waals surface area (Å²) < 4.78 is 28.0. The highest BCUT2D eigenvalue weighted by Crippen LogP contribution is 2.46. The van der Waals surface area contributed by atoms with Crippen LogP contribution in [0.4, 0.5) is 5.69 Å². The predicted molar refractivity (Wildman–Crippen MR) is 127 cm³/mol. The number of nitrogens with zero attached hydrogens (tertiary/aromatic N) is 2. The maximum absolute atomic E-state index is 13.1. The molecule has 0 aliphatic carbocycles. The molecule has 1 aromatic rings. The second kappa shape index (κ2) is 9.38. The Kier molecular flexibility index (Phi) is 7.41. The highest BCUT2D eigenvalue weighted by Gasteiger charge is 2.48. The number of carbonyl (C=O) groups excluding carboxylic acids is 1. The number of benzene rings is 1. The molecule has 8 heteroatoms. The van der Waals surface area contributed by atoms with Crippen LogP contribution in [0.1, 0.15) is 53.4 Å². The fourth-order valence-electron chi connectivity index (χ4n) is 4.81. The molecule has 6 nitrogen and oxygen atoms in total. The molecule has 2 fully saturated rings. The van der Waals surface area contributed by atoms with Crippen molar-refractivity contribution in [3.05, 3.63) is 29.3 Å². The summed E-state index contributed by atoms with van der Waals surface area (Å²) in [4.78, 5) is 14.6. The van der Waals surface area contributed by atoms with Gasteiger partial charge in [-0.05, 0) is 88.2 Å². The van der Waals surface area contributed by atoms with Crippen molar-refractivity contribution < 1.29 is 13.2 Å². The van der Waals surface area contributed by atoms with Crippen LogP contribution in [-0.2, 0) is 14.8 Å². The molecule has 1 N–H and O–H groups in total. The summed E-state index contributed by atoms with van der Waals surface area (Å²) in [6.45, 7) is 10.6. The van der Waals surface area contributed by atoms with Crippen molar-refractivity contribution in [1.82, 2.24) is 9.21 Å². The lowest BCUT2D eigenvalue weighted by molar-refractivity contribution is -0.118. The number of carbonyl (C=O) groups is 1. The Morgan fingerprint density at radius 3 is 2.29 bits per heavy atom. The van der Waals surface area contributed by atoms with Gasteiger partial charge in [-0.1, -0.05) is 25.4 Å². The van der Waals surface area contributed by atoms with Crippen LogP contribution in [0.3, 0.4) is 0 Å². The minimum atomic E-state index is -3.29. The summed E-state index contributed by atoms with van der Waals surface area (Å²) >= 11 is 5.89. The van der Waals surface area contributed by atoms with Crippen molar-refractivity contribution in [2.75, 3.05) is 37.2 Å². The largest absolute Gasteiger partial charge is 0.325 e. The van der Waals surface area contributed by atoms with E-state index in [0.717, 1.165) is 44.5 Å². The molecule has 2 saturated heterocycles. The third-order valence-electron chi connectivity index (χ3n) is 6.71. The number of sulfonamides is 1. The van der Waals surface area contributed by atoms with Gasteiger partial charge in [-0.2, -0.15) is 4.31 Å². The molecule has 0 saturated carbocycles. The van der Waals surface area contributed by atoms with Crippen LogP contribution in [0, 0.1) is 11.3 Å². The van der Waals surface area contributed by atoms with Gasteiger partial charge in [-0.3, -0.25) is 9.69 Å². The Hall–Kier alpha value is -1.15. The molecule has 0 atom stereocenters. The van der Waals surface area contributed by atoms with Crippen LogP contribution >= 0.6 is 11.6 Å². The highest BCUT2D eigenvalue weighted by atomic mass is 35.5.